The van der Waals surface area contributed by atoms with Gasteiger partial charge in [-0.05, 0) is 84.0 Å². The minimum Gasteiger partial charge on any atom is -0.493 e. The molecule has 11 nitrogen and oxygen atoms in total. The summed E-state index contributed by atoms with van der Waals surface area (Å²) in [5.74, 6) is 0.885. The monoisotopic (exact) mass is 805 g/mol. The van der Waals surface area contributed by atoms with Gasteiger partial charge in [-0.25, -0.2) is 8.42 Å². The first-order chi connectivity index (χ1) is 28.0. The Balaban J connectivity index is 1.13. The van der Waals surface area contributed by atoms with Gasteiger partial charge in [-0.15, -0.1) is 0 Å². The number of aliphatic hydroxyl groups excluding tert-OH is 1. The van der Waals surface area contributed by atoms with Gasteiger partial charge in [0.15, 0.2) is 17.8 Å². The molecule has 7 rings (SSSR count). The Labute approximate surface area is 341 Å². The van der Waals surface area contributed by atoms with E-state index < -0.39 is 28.3 Å². The van der Waals surface area contributed by atoms with Crippen LogP contribution in [0.5, 0.6) is 11.5 Å². The smallest absolute Gasteiger partial charge is 0.242 e. The molecule has 0 bridgehead atoms. The number of hydrogen-bond donors (Lipinski definition) is 3. The van der Waals surface area contributed by atoms with Crippen LogP contribution in [0, 0.1) is 12.8 Å². The Morgan fingerprint density at radius 1 is 0.845 bits per heavy atom. The molecule has 0 saturated carbocycles. The number of methoxy groups -OCH3 is 2. The number of nitrogens with one attached hydrogen (secondary N) is 2. The molecule has 1 saturated heterocycles. The van der Waals surface area contributed by atoms with Crippen molar-refractivity contribution in [3.05, 3.63) is 154 Å². The molecule has 0 radical (unpaired) electrons. The van der Waals surface area contributed by atoms with E-state index in [2.05, 4.69) is 34.0 Å². The van der Waals surface area contributed by atoms with Crippen LogP contribution in [0.1, 0.15) is 58.3 Å². The van der Waals surface area contributed by atoms with Crippen molar-refractivity contribution in [3.8, 4) is 11.5 Å². The van der Waals surface area contributed by atoms with E-state index >= 15 is 0 Å². The fraction of sp³-hybridized carbons (Fsp3) is 0.326. The second kappa shape index (κ2) is 18.2. The fourth-order valence-electron chi connectivity index (χ4n) is 7.68. The average Bonchev–Trinajstić information content (AvgIpc) is 3.24. The van der Waals surface area contributed by atoms with Gasteiger partial charge in [0.1, 0.15) is 6.04 Å². The number of aliphatic hydroxyl groups is 1. The van der Waals surface area contributed by atoms with E-state index in [1.54, 1.807) is 32.4 Å². The average molecular weight is 806 g/mol. The maximum absolute atomic E-state index is 14.0. The Hall–Kier alpha value is -5.08. The lowest BCUT2D eigenvalue weighted by atomic mass is 9.89. The summed E-state index contributed by atoms with van der Waals surface area (Å²) >= 11 is 0. The zero-order valence-electron chi connectivity index (χ0n) is 33.3. The van der Waals surface area contributed by atoms with E-state index in [0.717, 1.165) is 47.5 Å². The van der Waals surface area contributed by atoms with E-state index in [4.69, 9.17) is 18.9 Å². The molecule has 2 aliphatic rings. The van der Waals surface area contributed by atoms with Crippen LogP contribution in [0.4, 0.5) is 5.69 Å². The van der Waals surface area contributed by atoms with Crippen molar-refractivity contribution in [2.75, 3.05) is 32.6 Å². The van der Waals surface area contributed by atoms with Crippen LogP contribution >= 0.6 is 0 Å². The van der Waals surface area contributed by atoms with Crippen molar-refractivity contribution in [3.63, 3.8) is 0 Å². The van der Waals surface area contributed by atoms with Crippen LogP contribution in [0.3, 0.4) is 0 Å². The lowest BCUT2D eigenvalue weighted by Gasteiger charge is -2.43. The lowest BCUT2D eigenvalue weighted by Crippen LogP contribution is -2.45. The summed E-state index contributed by atoms with van der Waals surface area (Å²) in [6, 6.07) is 33.9. The normalized spacial score (nSPS) is 20.2. The molecule has 1 amide bonds. The SMILES string of the molecule is COc1cc2c(cc1OC)CN(C[C@@H]1O[C@H](c3cccc(NC(=O)[C@@H](Cc4ccccc4)NS(=O)(=O)c4ccc(C)cc4)c3)O[C@H](c3ccc(CO)cc3)[C@@H]1C)CC2. The highest BCUT2D eigenvalue weighted by atomic mass is 32.2. The van der Waals surface area contributed by atoms with E-state index in [1.807, 2.05) is 79.7 Å². The Morgan fingerprint density at radius 2 is 1.55 bits per heavy atom. The van der Waals surface area contributed by atoms with Gasteiger partial charge < -0.3 is 29.4 Å². The van der Waals surface area contributed by atoms with Crippen LogP contribution in [-0.2, 0) is 50.3 Å². The molecule has 0 aliphatic carbocycles. The van der Waals surface area contributed by atoms with Crippen LogP contribution in [0.15, 0.2) is 120 Å². The van der Waals surface area contributed by atoms with Crippen LogP contribution in [0.2, 0.25) is 0 Å². The second-order valence-electron chi connectivity index (χ2n) is 15.1. The van der Waals surface area contributed by atoms with E-state index in [-0.39, 0.29) is 36.0 Å². The van der Waals surface area contributed by atoms with Gasteiger partial charge in [0.2, 0.25) is 15.9 Å². The van der Waals surface area contributed by atoms with Gasteiger partial charge >= 0.3 is 0 Å². The first kappa shape index (κ1) is 41.1. The number of carbonyl (C=O) groups is 1. The Bertz CT molecular complexity index is 2290. The van der Waals surface area contributed by atoms with Crippen LogP contribution in [-0.4, -0.2) is 63.8 Å². The number of ether oxygens (including phenoxy) is 4. The number of sulfonamides is 1. The van der Waals surface area contributed by atoms with E-state index in [0.29, 0.717) is 23.5 Å². The molecule has 0 aromatic heterocycles. The van der Waals surface area contributed by atoms with Crippen LogP contribution < -0.4 is 19.5 Å². The summed E-state index contributed by atoms with van der Waals surface area (Å²) in [6.45, 7) is 6.18. The lowest BCUT2D eigenvalue weighted by molar-refractivity contribution is -0.276. The number of amides is 1. The first-order valence-electron chi connectivity index (χ1n) is 19.5. The molecular formula is C46H51N3O8S. The van der Waals surface area contributed by atoms with Gasteiger partial charge in [-0.1, -0.05) is 91.3 Å². The fourth-order valence-corrected chi connectivity index (χ4v) is 8.88. The van der Waals surface area contributed by atoms with Gasteiger partial charge in [-0.3, -0.25) is 9.69 Å². The van der Waals surface area contributed by atoms with Crippen molar-refractivity contribution >= 4 is 21.6 Å². The second-order valence-corrected chi connectivity index (χ2v) is 16.8. The largest absolute Gasteiger partial charge is 0.493 e. The number of rotatable bonds is 14. The molecule has 2 heterocycles. The molecule has 304 valence electrons. The molecule has 58 heavy (non-hydrogen) atoms. The third kappa shape index (κ3) is 9.61. The van der Waals surface area contributed by atoms with Gasteiger partial charge in [0.05, 0.1) is 37.9 Å². The van der Waals surface area contributed by atoms with Crippen molar-refractivity contribution in [2.45, 2.75) is 69.3 Å². The molecule has 2 aliphatic heterocycles. The molecule has 0 unspecified atom stereocenters. The quantitative estimate of drug-likeness (QED) is 0.110. The number of benzene rings is 5. The number of aryl methyl sites for hydroxylation is 1. The van der Waals surface area contributed by atoms with Crippen molar-refractivity contribution < 1.29 is 37.3 Å². The predicted molar refractivity (Wildman–Crippen MR) is 222 cm³/mol. The highest BCUT2D eigenvalue weighted by Crippen LogP contribution is 2.43. The topological polar surface area (TPSA) is 136 Å². The molecular weight excluding hydrogens is 755 g/mol. The number of nitrogens with zero attached hydrogens (tertiary/aromatic N) is 1. The van der Waals surface area contributed by atoms with E-state index in [9.17, 15) is 18.3 Å². The van der Waals surface area contributed by atoms with Gasteiger partial charge in [-0.2, -0.15) is 4.72 Å². The van der Waals surface area contributed by atoms with Crippen molar-refractivity contribution in [1.82, 2.24) is 9.62 Å². The minimum absolute atomic E-state index is 0.0359. The molecule has 12 heteroatoms. The number of fused-ring (bicyclic) bond motifs is 1. The Kier molecular flexibility index (Phi) is 12.9. The summed E-state index contributed by atoms with van der Waals surface area (Å²) < 4.78 is 54.4. The first-order valence-corrected chi connectivity index (χ1v) is 21.0. The number of hydrogen-bond acceptors (Lipinski definition) is 9. The highest BCUT2D eigenvalue weighted by Gasteiger charge is 2.40. The highest BCUT2D eigenvalue weighted by molar-refractivity contribution is 7.89. The maximum atomic E-state index is 14.0. The zero-order valence-corrected chi connectivity index (χ0v) is 34.1. The Morgan fingerprint density at radius 3 is 2.24 bits per heavy atom. The predicted octanol–water partition coefficient (Wildman–Crippen LogP) is 6.88. The number of anilines is 1. The van der Waals surface area contributed by atoms with Crippen molar-refractivity contribution in [2.24, 2.45) is 5.92 Å². The van der Waals surface area contributed by atoms with E-state index in [1.165, 1.54) is 23.3 Å². The zero-order chi connectivity index (χ0) is 40.8. The number of carbonyl (C=O) groups excluding carboxylic acids is 1. The van der Waals surface area contributed by atoms with Crippen LogP contribution in [0.25, 0.3) is 0 Å². The molecule has 0 spiro atoms. The molecule has 1 fully saturated rings. The summed E-state index contributed by atoms with van der Waals surface area (Å²) in [5, 5.41) is 12.7. The maximum Gasteiger partial charge on any atom is 0.242 e. The molecule has 5 atom stereocenters. The minimum atomic E-state index is -4.02. The third-order valence-corrected chi connectivity index (χ3v) is 12.5. The standard InChI is InChI=1S/C46H51N3O8S/c1-30-13-19-39(20-14-30)58(52,53)48-40(23-32-9-6-5-7-10-32)45(51)47-38-12-8-11-36(24-38)46-56-43(31(2)44(57-46)34-17-15-33(29-50)16-18-34)28-49-22-21-35-25-41(54-3)42(55-4)26-37(35)27-49/h5-20,24-26,31,40,43-44,46,48,50H,21-23,27-29H2,1-4H3,(H,47,51)/t31-,40-,43+,44+,46+/m1/s1. The van der Waals surface area contributed by atoms with Gasteiger partial charge in [0, 0.05) is 36.8 Å². The summed E-state index contributed by atoms with van der Waals surface area (Å²) in [7, 11) is -0.727. The summed E-state index contributed by atoms with van der Waals surface area (Å²) in [5.41, 5.74) is 7.11. The molecule has 5 aromatic carbocycles. The summed E-state index contributed by atoms with van der Waals surface area (Å²) in [6.07, 6.45) is -0.335. The third-order valence-electron chi connectivity index (χ3n) is 11.0. The molecule has 5 aromatic rings. The van der Waals surface area contributed by atoms with Gasteiger partial charge in [0.25, 0.3) is 0 Å². The van der Waals surface area contributed by atoms with Crippen molar-refractivity contribution in [1.29, 1.82) is 0 Å². The molecule has 3 N–H and O–H groups in total. The summed E-state index contributed by atoms with van der Waals surface area (Å²) in [4.78, 5) is 16.5.